The van der Waals surface area contributed by atoms with Gasteiger partial charge in [-0.25, -0.2) is 0 Å². The van der Waals surface area contributed by atoms with Crippen molar-refractivity contribution in [3.63, 3.8) is 0 Å². The molecule has 0 bridgehead atoms. The van der Waals surface area contributed by atoms with E-state index in [4.69, 9.17) is 9.47 Å². The van der Waals surface area contributed by atoms with Gasteiger partial charge >= 0.3 is 0 Å². The lowest BCUT2D eigenvalue weighted by molar-refractivity contribution is 0.303. The van der Waals surface area contributed by atoms with Gasteiger partial charge in [0.2, 0.25) is 0 Å². The SMILES string of the molecule is COc1cccc(OCc2ccc3c(c2)CCN3)c1. The Balaban J connectivity index is 1.68. The van der Waals surface area contributed by atoms with Crippen LogP contribution in [0.3, 0.4) is 0 Å². The summed E-state index contributed by atoms with van der Waals surface area (Å²) in [6, 6.07) is 14.1. The zero-order chi connectivity index (χ0) is 13.1. The normalized spacial score (nSPS) is 12.7. The Morgan fingerprint density at radius 3 is 2.89 bits per heavy atom. The number of anilines is 1. The van der Waals surface area contributed by atoms with E-state index in [0.717, 1.165) is 24.5 Å². The van der Waals surface area contributed by atoms with Crippen LogP contribution in [0.25, 0.3) is 0 Å². The highest BCUT2D eigenvalue weighted by molar-refractivity contribution is 5.56. The Hall–Kier alpha value is -2.16. The van der Waals surface area contributed by atoms with Gasteiger partial charge in [-0.3, -0.25) is 0 Å². The van der Waals surface area contributed by atoms with Gasteiger partial charge in [-0.1, -0.05) is 18.2 Å². The predicted octanol–water partition coefficient (Wildman–Crippen LogP) is 3.24. The fraction of sp³-hybridized carbons (Fsp3) is 0.250. The lowest BCUT2D eigenvalue weighted by Crippen LogP contribution is -1.96. The summed E-state index contributed by atoms with van der Waals surface area (Å²) in [5.74, 6) is 1.65. The molecule has 3 heteroatoms. The highest BCUT2D eigenvalue weighted by Crippen LogP contribution is 2.24. The minimum Gasteiger partial charge on any atom is -0.497 e. The van der Waals surface area contributed by atoms with Gasteiger partial charge in [-0.05, 0) is 35.7 Å². The first-order chi connectivity index (χ1) is 9.35. The van der Waals surface area contributed by atoms with E-state index >= 15 is 0 Å². The summed E-state index contributed by atoms with van der Waals surface area (Å²) >= 11 is 0. The highest BCUT2D eigenvalue weighted by Gasteiger charge is 2.10. The molecule has 19 heavy (non-hydrogen) atoms. The Labute approximate surface area is 113 Å². The van der Waals surface area contributed by atoms with Crippen LogP contribution in [0.15, 0.2) is 42.5 Å². The highest BCUT2D eigenvalue weighted by atomic mass is 16.5. The molecule has 2 aromatic rings. The van der Waals surface area contributed by atoms with Crippen LogP contribution in [-0.4, -0.2) is 13.7 Å². The molecule has 0 atom stereocenters. The van der Waals surface area contributed by atoms with Crippen LogP contribution in [-0.2, 0) is 13.0 Å². The maximum absolute atomic E-state index is 5.79. The Morgan fingerprint density at radius 2 is 2.00 bits per heavy atom. The molecule has 3 rings (SSSR count). The van der Waals surface area contributed by atoms with Crippen molar-refractivity contribution in [2.24, 2.45) is 0 Å². The summed E-state index contributed by atoms with van der Waals surface area (Å²) in [5.41, 5.74) is 3.84. The van der Waals surface area contributed by atoms with E-state index in [1.165, 1.54) is 16.8 Å². The van der Waals surface area contributed by atoms with Crippen molar-refractivity contribution in [3.05, 3.63) is 53.6 Å². The third kappa shape index (κ3) is 2.65. The van der Waals surface area contributed by atoms with Crippen LogP contribution in [0.5, 0.6) is 11.5 Å². The summed E-state index contributed by atoms with van der Waals surface area (Å²) in [7, 11) is 1.66. The maximum Gasteiger partial charge on any atom is 0.123 e. The molecule has 0 radical (unpaired) electrons. The van der Waals surface area contributed by atoms with Crippen LogP contribution in [0.2, 0.25) is 0 Å². The number of methoxy groups -OCH3 is 1. The standard InChI is InChI=1S/C16H17NO2/c1-18-14-3-2-4-15(10-14)19-11-12-5-6-16-13(9-12)7-8-17-16/h2-6,9-10,17H,7-8,11H2,1H3. The molecule has 1 aliphatic heterocycles. The van der Waals surface area contributed by atoms with Crippen molar-refractivity contribution >= 4 is 5.69 Å². The molecule has 0 amide bonds. The van der Waals surface area contributed by atoms with Crippen molar-refractivity contribution in [3.8, 4) is 11.5 Å². The number of ether oxygens (including phenoxy) is 2. The van der Waals surface area contributed by atoms with Crippen LogP contribution in [0, 0.1) is 0 Å². The van der Waals surface area contributed by atoms with Crippen LogP contribution in [0.1, 0.15) is 11.1 Å². The molecule has 0 aliphatic carbocycles. The van der Waals surface area contributed by atoms with Gasteiger partial charge in [0.1, 0.15) is 18.1 Å². The second kappa shape index (κ2) is 5.22. The smallest absolute Gasteiger partial charge is 0.123 e. The van der Waals surface area contributed by atoms with Gasteiger partial charge in [-0.15, -0.1) is 0 Å². The number of hydrogen-bond acceptors (Lipinski definition) is 3. The summed E-state index contributed by atoms with van der Waals surface area (Å²) in [5, 5.41) is 3.36. The Kier molecular flexibility index (Phi) is 3.27. The molecule has 0 fully saturated rings. The molecule has 2 aromatic carbocycles. The monoisotopic (exact) mass is 255 g/mol. The number of rotatable bonds is 4. The van der Waals surface area contributed by atoms with E-state index in [1.54, 1.807) is 7.11 Å². The first-order valence-electron chi connectivity index (χ1n) is 6.48. The average Bonchev–Trinajstić information content (AvgIpc) is 2.93. The Bertz CT molecular complexity index is 581. The molecule has 1 N–H and O–H groups in total. The van der Waals surface area contributed by atoms with E-state index in [-0.39, 0.29) is 0 Å². The van der Waals surface area contributed by atoms with E-state index < -0.39 is 0 Å². The number of hydrogen-bond donors (Lipinski definition) is 1. The van der Waals surface area contributed by atoms with Crippen LogP contribution < -0.4 is 14.8 Å². The fourth-order valence-electron chi connectivity index (χ4n) is 2.31. The molecule has 0 saturated carbocycles. The lowest BCUT2D eigenvalue weighted by atomic mass is 10.1. The summed E-state index contributed by atoms with van der Waals surface area (Å²) in [4.78, 5) is 0. The second-order valence-electron chi connectivity index (χ2n) is 4.64. The molecule has 0 unspecified atom stereocenters. The van der Waals surface area contributed by atoms with Gasteiger partial charge in [0.05, 0.1) is 7.11 Å². The van der Waals surface area contributed by atoms with Crippen molar-refractivity contribution in [2.45, 2.75) is 13.0 Å². The van der Waals surface area contributed by atoms with Crippen molar-refractivity contribution in [2.75, 3.05) is 19.0 Å². The van der Waals surface area contributed by atoms with E-state index in [0.29, 0.717) is 6.61 Å². The minimum absolute atomic E-state index is 0.584. The predicted molar refractivity (Wildman–Crippen MR) is 76.0 cm³/mol. The van der Waals surface area contributed by atoms with Gasteiger partial charge in [0.15, 0.2) is 0 Å². The Morgan fingerprint density at radius 1 is 1.11 bits per heavy atom. The molecule has 0 aromatic heterocycles. The molecule has 1 aliphatic rings. The molecular formula is C16H17NO2. The van der Waals surface area contributed by atoms with Crippen molar-refractivity contribution < 1.29 is 9.47 Å². The van der Waals surface area contributed by atoms with Gasteiger partial charge < -0.3 is 14.8 Å². The maximum atomic E-state index is 5.79. The van der Waals surface area contributed by atoms with Gasteiger partial charge in [-0.2, -0.15) is 0 Å². The lowest BCUT2D eigenvalue weighted by Gasteiger charge is -2.09. The largest absolute Gasteiger partial charge is 0.497 e. The van der Waals surface area contributed by atoms with Gasteiger partial charge in [0.25, 0.3) is 0 Å². The summed E-state index contributed by atoms with van der Waals surface area (Å²) in [6.07, 6.45) is 1.10. The summed E-state index contributed by atoms with van der Waals surface area (Å²) < 4.78 is 11.0. The van der Waals surface area contributed by atoms with Crippen molar-refractivity contribution in [1.29, 1.82) is 0 Å². The summed E-state index contributed by atoms with van der Waals surface area (Å²) in [6.45, 7) is 1.62. The molecule has 0 saturated heterocycles. The number of benzene rings is 2. The van der Waals surface area contributed by atoms with Gasteiger partial charge in [0, 0.05) is 18.3 Å². The zero-order valence-corrected chi connectivity index (χ0v) is 11.0. The first kappa shape index (κ1) is 11.9. The number of nitrogens with one attached hydrogen (secondary N) is 1. The van der Waals surface area contributed by atoms with Crippen molar-refractivity contribution in [1.82, 2.24) is 0 Å². The molecule has 0 spiro atoms. The fourth-order valence-corrected chi connectivity index (χ4v) is 2.31. The molecule has 1 heterocycles. The molecular weight excluding hydrogens is 238 g/mol. The molecule has 98 valence electrons. The quantitative estimate of drug-likeness (QED) is 0.909. The first-order valence-corrected chi connectivity index (χ1v) is 6.48. The van der Waals surface area contributed by atoms with E-state index in [9.17, 15) is 0 Å². The number of fused-ring (bicyclic) bond motifs is 1. The third-order valence-corrected chi connectivity index (χ3v) is 3.33. The van der Waals surface area contributed by atoms with E-state index in [2.05, 4.69) is 23.5 Å². The molecule has 3 nitrogen and oxygen atoms in total. The average molecular weight is 255 g/mol. The minimum atomic E-state index is 0.584. The van der Waals surface area contributed by atoms with Crippen LogP contribution >= 0.6 is 0 Å². The third-order valence-electron chi connectivity index (χ3n) is 3.33. The van der Waals surface area contributed by atoms with E-state index in [1.807, 2.05) is 24.3 Å². The second-order valence-corrected chi connectivity index (χ2v) is 4.64. The topological polar surface area (TPSA) is 30.5 Å². The zero-order valence-electron chi connectivity index (χ0n) is 11.0. The van der Waals surface area contributed by atoms with Crippen LogP contribution in [0.4, 0.5) is 5.69 Å².